The minimum atomic E-state index is -0.0181. The topological polar surface area (TPSA) is 84.3 Å². The Hall–Kier alpha value is -1.70. The van der Waals surface area contributed by atoms with Crippen LogP contribution in [-0.4, -0.2) is 64.2 Å². The number of aliphatic imine (C=N–C) groups is 1. The van der Waals surface area contributed by atoms with Crippen LogP contribution in [0.2, 0.25) is 5.02 Å². The van der Waals surface area contributed by atoms with Crippen LogP contribution in [0.4, 0.5) is 0 Å². The average Bonchev–Trinajstić information content (AvgIpc) is 3.13. The van der Waals surface area contributed by atoms with Crippen molar-refractivity contribution in [2.45, 2.75) is 19.3 Å². The van der Waals surface area contributed by atoms with Crippen molar-refractivity contribution in [2.75, 3.05) is 53.2 Å². The maximum absolute atomic E-state index is 9.33. The molecule has 0 bridgehead atoms. The molecule has 1 aromatic rings. The molecule has 8 heteroatoms. The molecule has 27 heavy (non-hydrogen) atoms. The summed E-state index contributed by atoms with van der Waals surface area (Å²) in [4.78, 5) is 4.28. The lowest BCUT2D eigenvalue weighted by Gasteiger charge is -2.27. The maximum Gasteiger partial charge on any atom is 0.191 e. The van der Waals surface area contributed by atoms with E-state index in [1.807, 2.05) is 12.1 Å². The number of rotatable bonds is 7. The molecule has 1 atom stereocenters. The van der Waals surface area contributed by atoms with Crippen LogP contribution in [0, 0.1) is 5.41 Å². The number of nitrogens with one attached hydrogen (secondary N) is 2. The average molecular weight is 398 g/mol. The van der Waals surface area contributed by atoms with Crippen molar-refractivity contribution < 1.29 is 19.3 Å². The van der Waals surface area contributed by atoms with Gasteiger partial charge in [0.25, 0.3) is 0 Å². The van der Waals surface area contributed by atoms with Crippen molar-refractivity contribution >= 4 is 17.6 Å². The number of fused-ring (bicyclic) bond motifs is 1. The van der Waals surface area contributed by atoms with Gasteiger partial charge in [-0.2, -0.15) is 0 Å². The number of aliphatic hydroxyl groups excluding tert-OH is 1. The van der Waals surface area contributed by atoms with Gasteiger partial charge in [-0.15, -0.1) is 0 Å². The van der Waals surface area contributed by atoms with Crippen LogP contribution in [-0.2, 0) is 11.2 Å². The fourth-order valence-corrected chi connectivity index (χ4v) is 3.73. The minimum Gasteiger partial charge on any atom is -0.486 e. The summed E-state index contributed by atoms with van der Waals surface area (Å²) in [7, 11) is 1.75. The molecule has 0 aliphatic carbocycles. The second-order valence-electron chi connectivity index (χ2n) is 6.98. The quantitative estimate of drug-likeness (QED) is 0.479. The Labute approximate surface area is 165 Å². The zero-order valence-corrected chi connectivity index (χ0v) is 16.5. The van der Waals surface area contributed by atoms with Crippen molar-refractivity contribution in [3.8, 4) is 11.5 Å². The lowest BCUT2D eigenvalue weighted by molar-refractivity contribution is 0.127. The highest BCUT2D eigenvalue weighted by Gasteiger charge is 2.34. The number of nitrogens with zero attached hydrogens (tertiary/aromatic N) is 1. The lowest BCUT2D eigenvalue weighted by atomic mass is 9.84. The van der Waals surface area contributed by atoms with E-state index in [0.717, 1.165) is 43.9 Å². The van der Waals surface area contributed by atoms with Crippen LogP contribution >= 0.6 is 11.6 Å². The molecule has 0 amide bonds. The summed E-state index contributed by atoms with van der Waals surface area (Å²) in [6.45, 7) is 4.09. The van der Waals surface area contributed by atoms with Gasteiger partial charge in [0, 0.05) is 38.8 Å². The zero-order chi connectivity index (χ0) is 19.1. The first-order valence-electron chi connectivity index (χ1n) is 9.37. The van der Waals surface area contributed by atoms with Gasteiger partial charge in [0.1, 0.15) is 13.2 Å². The third kappa shape index (κ3) is 5.18. The fourth-order valence-electron chi connectivity index (χ4n) is 3.44. The van der Waals surface area contributed by atoms with Gasteiger partial charge in [-0.1, -0.05) is 11.6 Å². The number of hydrogen-bond donors (Lipinski definition) is 3. The first-order valence-corrected chi connectivity index (χ1v) is 9.75. The van der Waals surface area contributed by atoms with Gasteiger partial charge < -0.3 is 30.0 Å². The normalized spacial score (nSPS) is 22.0. The predicted molar refractivity (Wildman–Crippen MR) is 105 cm³/mol. The molecule has 7 nitrogen and oxygen atoms in total. The smallest absolute Gasteiger partial charge is 0.191 e. The Bertz CT molecular complexity index is 663. The van der Waals surface area contributed by atoms with Crippen LogP contribution in [0.5, 0.6) is 11.5 Å². The van der Waals surface area contributed by atoms with Gasteiger partial charge in [-0.05, 0) is 37.0 Å². The van der Waals surface area contributed by atoms with Crippen molar-refractivity contribution in [3.05, 3.63) is 22.7 Å². The summed E-state index contributed by atoms with van der Waals surface area (Å²) >= 11 is 6.29. The summed E-state index contributed by atoms with van der Waals surface area (Å²) < 4.78 is 16.7. The first kappa shape index (κ1) is 20.0. The third-order valence-corrected chi connectivity index (χ3v) is 5.33. The van der Waals surface area contributed by atoms with E-state index in [4.69, 9.17) is 25.8 Å². The zero-order valence-electron chi connectivity index (χ0n) is 15.7. The standard InChI is InChI=1S/C19H28ClN3O4/c1-21-18(23-12-19(3-6-24)4-7-25-13-19)22-5-2-14-10-15(20)17-16(11-14)26-8-9-27-17/h10-11,24H,2-9,12-13H2,1H3,(H2,21,22,23). The summed E-state index contributed by atoms with van der Waals surface area (Å²) in [6.07, 6.45) is 2.46. The van der Waals surface area contributed by atoms with Gasteiger partial charge in [-0.25, -0.2) is 0 Å². The third-order valence-electron chi connectivity index (χ3n) is 5.04. The molecular weight excluding hydrogens is 370 g/mol. The van der Waals surface area contributed by atoms with E-state index in [-0.39, 0.29) is 12.0 Å². The van der Waals surface area contributed by atoms with E-state index in [1.165, 1.54) is 0 Å². The van der Waals surface area contributed by atoms with Gasteiger partial charge in [0.15, 0.2) is 17.5 Å². The molecule has 2 aliphatic rings. The van der Waals surface area contributed by atoms with Gasteiger partial charge >= 0.3 is 0 Å². The lowest BCUT2D eigenvalue weighted by Crippen LogP contribution is -2.45. The number of aliphatic hydroxyl groups is 1. The van der Waals surface area contributed by atoms with E-state index in [9.17, 15) is 5.11 Å². The molecule has 3 rings (SSSR count). The number of hydrogen-bond acceptors (Lipinski definition) is 5. The Morgan fingerprint density at radius 1 is 1.26 bits per heavy atom. The van der Waals surface area contributed by atoms with Crippen LogP contribution in [0.3, 0.4) is 0 Å². The summed E-state index contributed by atoms with van der Waals surface area (Å²) in [5, 5.41) is 16.6. The van der Waals surface area contributed by atoms with E-state index in [2.05, 4.69) is 15.6 Å². The predicted octanol–water partition coefficient (Wildman–Crippen LogP) is 1.61. The van der Waals surface area contributed by atoms with Crippen molar-refractivity contribution in [1.82, 2.24) is 10.6 Å². The molecule has 1 aromatic carbocycles. The Balaban J connectivity index is 1.49. The second kappa shape index (κ2) is 9.48. The monoisotopic (exact) mass is 397 g/mol. The number of ether oxygens (including phenoxy) is 3. The molecule has 0 saturated carbocycles. The van der Waals surface area contributed by atoms with E-state index in [0.29, 0.717) is 42.9 Å². The summed E-state index contributed by atoms with van der Waals surface area (Å²) in [6, 6.07) is 3.89. The molecule has 3 N–H and O–H groups in total. The van der Waals surface area contributed by atoms with E-state index >= 15 is 0 Å². The summed E-state index contributed by atoms with van der Waals surface area (Å²) in [5.74, 6) is 2.08. The Morgan fingerprint density at radius 2 is 2.11 bits per heavy atom. The highest BCUT2D eigenvalue weighted by molar-refractivity contribution is 6.32. The van der Waals surface area contributed by atoms with Gasteiger partial charge in [-0.3, -0.25) is 4.99 Å². The van der Waals surface area contributed by atoms with Crippen LogP contribution in [0.15, 0.2) is 17.1 Å². The van der Waals surface area contributed by atoms with Gasteiger partial charge in [0.05, 0.1) is 11.6 Å². The summed E-state index contributed by atoms with van der Waals surface area (Å²) in [5.41, 5.74) is 1.06. The van der Waals surface area contributed by atoms with Crippen LogP contribution < -0.4 is 20.1 Å². The number of benzene rings is 1. The molecule has 0 spiro atoms. The van der Waals surface area contributed by atoms with Crippen LogP contribution in [0.1, 0.15) is 18.4 Å². The van der Waals surface area contributed by atoms with Gasteiger partial charge in [0.2, 0.25) is 0 Å². The number of halogens is 1. The van der Waals surface area contributed by atoms with Crippen molar-refractivity contribution in [1.29, 1.82) is 0 Å². The molecule has 1 fully saturated rings. The second-order valence-corrected chi connectivity index (χ2v) is 7.39. The molecule has 1 saturated heterocycles. The largest absolute Gasteiger partial charge is 0.486 e. The molecule has 1 unspecified atom stereocenters. The molecule has 150 valence electrons. The molecule has 0 aromatic heterocycles. The van der Waals surface area contributed by atoms with Crippen LogP contribution in [0.25, 0.3) is 0 Å². The molecule has 2 heterocycles. The fraction of sp³-hybridized carbons (Fsp3) is 0.632. The van der Waals surface area contributed by atoms with Crippen molar-refractivity contribution in [3.63, 3.8) is 0 Å². The highest BCUT2D eigenvalue weighted by atomic mass is 35.5. The molecule has 0 radical (unpaired) electrons. The Morgan fingerprint density at radius 3 is 2.85 bits per heavy atom. The highest BCUT2D eigenvalue weighted by Crippen LogP contribution is 2.38. The number of guanidine groups is 1. The molecule has 2 aliphatic heterocycles. The minimum absolute atomic E-state index is 0.0181. The maximum atomic E-state index is 9.33. The SMILES string of the molecule is CN=C(NCCc1cc(Cl)c2c(c1)OCCO2)NCC1(CCO)CCOC1. The first-order chi connectivity index (χ1) is 13.2. The van der Waals surface area contributed by atoms with E-state index in [1.54, 1.807) is 7.05 Å². The van der Waals surface area contributed by atoms with E-state index < -0.39 is 0 Å². The van der Waals surface area contributed by atoms with Crippen molar-refractivity contribution in [2.24, 2.45) is 10.4 Å². The Kier molecular flexibility index (Phi) is 7.04. The molecular formula is C19H28ClN3O4.